The van der Waals surface area contributed by atoms with Crippen LogP contribution in [0.1, 0.15) is 50.4 Å². The molecule has 4 heteroatoms. The Balaban J connectivity index is 2.13. The van der Waals surface area contributed by atoms with E-state index in [1.165, 1.54) is 24.1 Å². The Bertz CT molecular complexity index is 514. The molecule has 1 atom stereocenters. The topological polar surface area (TPSA) is 52.0 Å². The number of hydrogen-bond acceptors (Lipinski definition) is 4. The molecule has 0 aliphatic heterocycles. The summed E-state index contributed by atoms with van der Waals surface area (Å²) in [5.41, 5.74) is 3.12. The summed E-state index contributed by atoms with van der Waals surface area (Å²) < 4.78 is 0. The molecule has 4 nitrogen and oxygen atoms in total. The summed E-state index contributed by atoms with van der Waals surface area (Å²) in [6.07, 6.45) is 4.53. The number of hydrogen-bond donors (Lipinski definition) is 1. The van der Waals surface area contributed by atoms with Gasteiger partial charge in [-0.15, -0.1) is 0 Å². The molecule has 1 aliphatic rings. The molecule has 114 valence electrons. The molecule has 0 aromatic carbocycles. The smallest absolute Gasteiger partial charge is 0.144 e. The van der Waals surface area contributed by atoms with Gasteiger partial charge in [-0.1, -0.05) is 13.8 Å². The molecular formula is C17H26N4. The number of aryl methyl sites for hydroxylation is 2. The highest BCUT2D eigenvalue weighted by atomic mass is 15.1. The lowest BCUT2D eigenvalue weighted by Crippen LogP contribution is -2.35. The lowest BCUT2D eigenvalue weighted by atomic mass is 9.95. The predicted molar refractivity (Wildman–Crippen MR) is 86.5 cm³/mol. The van der Waals surface area contributed by atoms with Crippen molar-refractivity contribution >= 4 is 5.82 Å². The fourth-order valence-electron chi connectivity index (χ4n) is 2.98. The van der Waals surface area contributed by atoms with E-state index in [4.69, 9.17) is 4.98 Å². The Labute approximate surface area is 128 Å². The van der Waals surface area contributed by atoms with Gasteiger partial charge in [-0.2, -0.15) is 5.26 Å². The molecule has 1 aliphatic carbocycles. The van der Waals surface area contributed by atoms with Gasteiger partial charge in [0.15, 0.2) is 0 Å². The highest BCUT2D eigenvalue weighted by molar-refractivity contribution is 5.55. The van der Waals surface area contributed by atoms with E-state index in [0.29, 0.717) is 5.56 Å². The first-order valence-corrected chi connectivity index (χ1v) is 8.09. The van der Waals surface area contributed by atoms with Crippen LogP contribution in [0.4, 0.5) is 5.82 Å². The first kappa shape index (κ1) is 15.8. The third-order valence-electron chi connectivity index (χ3n) is 4.23. The van der Waals surface area contributed by atoms with Crippen LogP contribution in [0.3, 0.4) is 0 Å². The minimum Gasteiger partial charge on any atom is -0.365 e. The largest absolute Gasteiger partial charge is 0.365 e. The number of fused-ring (bicyclic) bond motifs is 1. The second-order valence-electron chi connectivity index (χ2n) is 5.84. The molecule has 0 radical (unpaired) electrons. The summed E-state index contributed by atoms with van der Waals surface area (Å²) in [5.74, 6) is 0.762. The van der Waals surface area contributed by atoms with Crippen LogP contribution < -0.4 is 5.32 Å². The fraction of sp³-hybridized carbons (Fsp3) is 0.647. The van der Waals surface area contributed by atoms with Crippen molar-refractivity contribution in [2.45, 2.75) is 52.5 Å². The van der Waals surface area contributed by atoms with E-state index >= 15 is 0 Å². The molecule has 0 saturated heterocycles. The lowest BCUT2D eigenvalue weighted by Gasteiger charge is -2.25. The average Bonchev–Trinajstić information content (AvgIpc) is 2.51. The maximum Gasteiger partial charge on any atom is 0.144 e. The van der Waals surface area contributed by atoms with E-state index in [2.05, 4.69) is 37.1 Å². The summed E-state index contributed by atoms with van der Waals surface area (Å²) in [6.45, 7) is 9.57. The quantitative estimate of drug-likeness (QED) is 0.873. The summed E-state index contributed by atoms with van der Waals surface area (Å²) in [7, 11) is 0. The van der Waals surface area contributed by atoms with E-state index in [1.54, 1.807) is 0 Å². The highest BCUT2D eigenvalue weighted by Crippen LogP contribution is 2.24. The lowest BCUT2D eigenvalue weighted by molar-refractivity contribution is 0.294. The van der Waals surface area contributed by atoms with Crippen LogP contribution in [-0.4, -0.2) is 35.6 Å². The Morgan fingerprint density at radius 3 is 2.71 bits per heavy atom. The Hall–Kier alpha value is -1.60. The summed E-state index contributed by atoms with van der Waals surface area (Å²) in [6, 6.07) is 4.61. The second kappa shape index (κ2) is 7.42. The van der Waals surface area contributed by atoms with Gasteiger partial charge in [0.25, 0.3) is 0 Å². The van der Waals surface area contributed by atoms with Gasteiger partial charge < -0.3 is 10.2 Å². The number of aromatic nitrogens is 1. The monoisotopic (exact) mass is 286 g/mol. The molecule has 0 spiro atoms. The first-order chi connectivity index (χ1) is 10.2. The zero-order valence-electron chi connectivity index (χ0n) is 13.4. The molecule has 0 amide bonds. The van der Waals surface area contributed by atoms with Gasteiger partial charge in [0.1, 0.15) is 11.9 Å². The second-order valence-corrected chi connectivity index (χ2v) is 5.84. The van der Waals surface area contributed by atoms with E-state index in [1.807, 2.05) is 6.07 Å². The minimum atomic E-state index is 0.283. The molecule has 0 fully saturated rings. The van der Waals surface area contributed by atoms with Gasteiger partial charge in [-0.25, -0.2) is 4.98 Å². The van der Waals surface area contributed by atoms with Gasteiger partial charge in [0.05, 0.1) is 5.56 Å². The number of likely N-dealkylation sites (N-methyl/N-ethyl adjacent to an activating group) is 1. The molecule has 1 heterocycles. The zero-order valence-corrected chi connectivity index (χ0v) is 13.4. The number of rotatable bonds is 6. The highest BCUT2D eigenvalue weighted by Gasteiger charge is 2.16. The van der Waals surface area contributed by atoms with E-state index < -0.39 is 0 Å². The third kappa shape index (κ3) is 3.95. The van der Waals surface area contributed by atoms with Gasteiger partial charge >= 0.3 is 0 Å². The van der Waals surface area contributed by atoms with Crippen molar-refractivity contribution < 1.29 is 0 Å². The molecule has 0 saturated carbocycles. The zero-order chi connectivity index (χ0) is 15.2. The number of pyridine rings is 1. The van der Waals surface area contributed by atoms with Crippen molar-refractivity contribution in [1.82, 2.24) is 9.88 Å². The van der Waals surface area contributed by atoms with E-state index in [0.717, 1.165) is 38.3 Å². The maximum atomic E-state index is 9.37. The van der Waals surface area contributed by atoms with Gasteiger partial charge in [0, 0.05) is 18.3 Å². The van der Waals surface area contributed by atoms with E-state index in [-0.39, 0.29) is 6.04 Å². The summed E-state index contributed by atoms with van der Waals surface area (Å²) in [4.78, 5) is 7.11. The van der Waals surface area contributed by atoms with Gasteiger partial charge in [0.2, 0.25) is 0 Å². The van der Waals surface area contributed by atoms with Crippen LogP contribution in [0, 0.1) is 11.3 Å². The Morgan fingerprint density at radius 2 is 2.05 bits per heavy atom. The van der Waals surface area contributed by atoms with Crippen LogP contribution in [0.2, 0.25) is 0 Å². The average molecular weight is 286 g/mol. The van der Waals surface area contributed by atoms with Crippen molar-refractivity contribution in [3.8, 4) is 6.07 Å². The molecule has 21 heavy (non-hydrogen) atoms. The minimum absolute atomic E-state index is 0.283. The molecule has 1 aromatic heterocycles. The number of nitriles is 1. The Kier molecular flexibility index (Phi) is 5.58. The Morgan fingerprint density at radius 1 is 1.33 bits per heavy atom. The van der Waals surface area contributed by atoms with Crippen LogP contribution in [0.15, 0.2) is 6.07 Å². The molecule has 1 N–H and O–H groups in total. The SMILES string of the molecule is CCN(CC)CC(C)Nc1nc2c(cc1C#N)CCCC2. The van der Waals surface area contributed by atoms with Crippen molar-refractivity contribution in [2.24, 2.45) is 0 Å². The third-order valence-corrected chi connectivity index (χ3v) is 4.23. The fourth-order valence-corrected chi connectivity index (χ4v) is 2.98. The number of nitrogens with one attached hydrogen (secondary N) is 1. The normalized spacial score (nSPS) is 15.4. The van der Waals surface area contributed by atoms with Crippen molar-refractivity contribution in [1.29, 1.82) is 5.26 Å². The van der Waals surface area contributed by atoms with Crippen LogP contribution in [0.25, 0.3) is 0 Å². The number of anilines is 1. The van der Waals surface area contributed by atoms with Crippen molar-refractivity contribution in [3.63, 3.8) is 0 Å². The van der Waals surface area contributed by atoms with Crippen molar-refractivity contribution in [2.75, 3.05) is 25.0 Å². The van der Waals surface area contributed by atoms with Crippen LogP contribution >= 0.6 is 0 Å². The first-order valence-electron chi connectivity index (χ1n) is 8.09. The number of nitrogens with zero attached hydrogens (tertiary/aromatic N) is 3. The van der Waals surface area contributed by atoms with Gasteiger partial charge in [-0.05, 0) is 57.3 Å². The van der Waals surface area contributed by atoms with Gasteiger partial charge in [-0.3, -0.25) is 0 Å². The molecule has 0 bridgehead atoms. The van der Waals surface area contributed by atoms with Crippen LogP contribution in [0.5, 0.6) is 0 Å². The summed E-state index contributed by atoms with van der Waals surface area (Å²) in [5, 5.41) is 12.8. The van der Waals surface area contributed by atoms with Crippen LogP contribution in [-0.2, 0) is 12.8 Å². The van der Waals surface area contributed by atoms with Crippen molar-refractivity contribution in [3.05, 3.63) is 22.9 Å². The standard InChI is InChI=1S/C17H26N4/c1-4-21(5-2)12-13(3)19-17-15(11-18)10-14-8-6-7-9-16(14)20-17/h10,13H,4-9,12H2,1-3H3,(H,19,20). The molecule has 1 aromatic rings. The molecular weight excluding hydrogens is 260 g/mol. The predicted octanol–water partition coefficient (Wildman–Crippen LogP) is 2.97. The molecule has 2 rings (SSSR count). The summed E-state index contributed by atoms with van der Waals surface area (Å²) >= 11 is 0. The van der Waals surface area contributed by atoms with E-state index in [9.17, 15) is 5.26 Å². The molecule has 1 unspecified atom stereocenters. The maximum absolute atomic E-state index is 9.37.